The first-order valence-corrected chi connectivity index (χ1v) is 9.43. The summed E-state index contributed by atoms with van der Waals surface area (Å²) in [6.07, 6.45) is 0. The van der Waals surface area contributed by atoms with Gasteiger partial charge < -0.3 is 0 Å². The molecule has 0 saturated carbocycles. The molecule has 0 aromatic heterocycles. The van der Waals surface area contributed by atoms with Crippen LogP contribution in [0.2, 0.25) is 0 Å². The zero-order chi connectivity index (χ0) is 15.4. The van der Waals surface area contributed by atoms with Gasteiger partial charge in [0.05, 0.1) is 0 Å². The van der Waals surface area contributed by atoms with Crippen molar-refractivity contribution in [2.75, 3.05) is 0 Å². The minimum absolute atomic E-state index is 0. The molecule has 0 spiro atoms. The molecule has 0 fully saturated rings. The van der Waals surface area contributed by atoms with Crippen LogP contribution in [0.1, 0.15) is 6.92 Å². The van der Waals surface area contributed by atoms with E-state index in [-0.39, 0.29) is 22.8 Å². The molecule has 0 bridgehead atoms. The van der Waals surface area contributed by atoms with Crippen molar-refractivity contribution in [2.24, 2.45) is 5.73 Å². The van der Waals surface area contributed by atoms with Crippen molar-refractivity contribution in [3.8, 4) is 0 Å². The summed E-state index contributed by atoms with van der Waals surface area (Å²) in [4.78, 5) is 0. The Hall–Kier alpha value is -1.47. The molecular formula is C20H22BrNP+. The summed E-state index contributed by atoms with van der Waals surface area (Å²) >= 11 is 0. The SMILES string of the molecule is Br.CC(N)[P+](c1ccccc1)(c1ccccc1)c1ccccc1. The van der Waals surface area contributed by atoms with Gasteiger partial charge in [0.25, 0.3) is 0 Å². The molecule has 1 atom stereocenters. The van der Waals surface area contributed by atoms with Gasteiger partial charge in [-0.2, -0.15) is 0 Å². The van der Waals surface area contributed by atoms with Crippen LogP contribution in [0.5, 0.6) is 0 Å². The first kappa shape index (κ1) is 17.9. The summed E-state index contributed by atoms with van der Waals surface area (Å²) in [5.74, 6) is 0.0553. The monoisotopic (exact) mass is 386 g/mol. The highest BCUT2D eigenvalue weighted by atomic mass is 79.9. The third kappa shape index (κ3) is 3.26. The van der Waals surface area contributed by atoms with E-state index in [1.165, 1.54) is 15.9 Å². The Kier molecular flexibility index (Phi) is 6.12. The molecule has 23 heavy (non-hydrogen) atoms. The third-order valence-electron chi connectivity index (χ3n) is 4.10. The number of benzene rings is 3. The third-order valence-corrected chi connectivity index (χ3v) is 8.66. The predicted molar refractivity (Wildman–Crippen MR) is 109 cm³/mol. The number of halogens is 1. The van der Waals surface area contributed by atoms with Gasteiger partial charge in [-0.05, 0) is 43.3 Å². The molecule has 1 unspecified atom stereocenters. The fourth-order valence-electron chi connectivity index (χ4n) is 3.14. The molecule has 0 radical (unpaired) electrons. The van der Waals surface area contributed by atoms with Crippen LogP contribution in [-0.2, 0) is 0 Å². The van der Waals surface area contributed by atoms with Crippen LogP contribution in [0, 0.1) is 0 Å². The number of nitrogens with two attached hydrogens (primary N) is 1. The van der Waals surface area contributed by atoms with Crippen LogP contribution in [-0.4, -0.2) is 5.78 Å². The zero-order valence-corrected chi connectivity index (χ0v) is 15.8. The van der Waals surface area contributed by atoms with Crippen LogP contribution in [0.15, 0.2) is 91.0 Å². The van der Waals surface area contributed by atoms with E-state index in [9.17, 15) is 0 Å². The second kappa shape index (κ2) is 7.88. The van der Waals surface area contributed by atoms with Crippen molar-refractivity contribution in [3.63, 3.8) is 0 Å². The van der Waals surface area contributed by atoms with Gasteiger partial charge in [0, 0.05) is 0 Å². The number of rotatable bonds is 4. The fourth-order valence-corrected chi connectivity index (χ4v) is 7.37. The second-order valence-electron chi connectivity index (χ2n) is 5.47. The van der Waals surface area contributed by atoms with E-state index < -0.39 is 7.26 Å². The van der Waals surface area contributed by atoms with Gasteiger partial charge in [-0.3, -0.25) is 5.73 Å². The Morgan fingerprint density at radius 1 is 0.609 bits per heavy atom. The van der Waals surface area contributed by atoms with E-state index >= 15 is 0 Å². The highest BCUT2D eigenvalue weighted by molar-refractivity contribution is 8.93. The van der Waals surface area contributed by atoms with Gasteiger partial charge in [-0.25, -0.2) is 0 Å². The molecule has 3 aromatic rings. The van der Waals surface area contributed by atoms with Gasteiger partial charge in [-0.1, -0.05) is 54.6 Å². The summed E-state index contributed by atoms with van der Waals surface area (Å²) in [5, 5.41) is 4.01. The lowest BCUT2D eigenvalue weighted by molar-refractivity contribution is 1.03. The van der Waals surface area contributed by atoms with Crippen molar-refractivity contribution >= 4 is 40.2 Å². The minimum atomic E-state index is -1.85. The molecule has 0 heterocycles. The van der Waals surface area contributed by atoms with Crippen LogP contribution < -0.4 is 21.6 Å². The lowest BCUT2D eigenvalue weighted by atomic mass is 10.4. The number of hydrogen-bond donors (Lipinski definition) is 1. The summed E-state index contributed by atoms with van der Waals surface area (Å²) < 4.78 is 0. The number of hydrogen-bond acceptors (Lipinski definition) is 1. The van der Waals surface area contributed by atoms with Gasteiger partial charge in [0.15, 0.2) is 0 Å². The normalized spacial score (nSPS) is 12.3. The van der Waals surface area contributed by atoms with Crippen molar-refractivity contribution in [3.05, 3.63) is 91.0 Å². The molecule has 0 saturated heterocycles. The highest BCUT2D eigenvalue weighted by Gasteiger charge is 2.48. The van der Waals surface area contributed by atoms with Crippen LogP contribution >= 0.6 is 24.2 Å². The van der Waals surface area contributed by atoms with Crippen molar-refractivity contribution in [1.82, 2.24) is 0 Å². The average Bonchev–Trinajstić information content (AvgIpc) is 2.58. The summed E-state index contributed by atoms with van der Waals surface area (Å²) in [6, 6.07) is 32.2. The molecule has 0 amide bonds. The zero-order valence-electron chi connectivity index (χ0n) is 13.2. The van der Waals surface area contributed by atoms with Gasteiger partial charge in [-0.15, -0.1) is 17.0 Å². The molecular weight excluding hydrogens is 365 g/mol. The Morgan fingerprint density at radius 2 is 0.870 bits per heavy atom. The van der Waals surface area contributed by atoms with Gasteiger partial charge in [0.1, 0.15) is 29.0 Å². The highest BCUT2D eigenvalue weighted by Crippen LogP contribution is 2.57. The Balaban J connectivity index is 0.00000192. The van der Waals surface area contributed by atoms with Crippen LogP contribution in [0.25, 0.3) is 0 Å². The first-order valence-electron chi connectivity index (χ1n) is 7.57. The van der Waals surface area contributed by atoms with Crippen LogP contribution in [0.4, 0.5) is 0 Å². The summed E-state index contributed by atoms with van der Waals surface area (Å²) in [5.41, 5.74) is 6.62. The lowest BCUT2D eigenvalue weighted by Gasteiger charge is -2.30. The van der Waals surface area contributed by atoms with E-state index in [4.69, 9.17) is 5.73 Å². The van der Waals surface area contributed by atoms with E-state index in [1.807, 2.05) is 0 Å². The van der Waals surface area contributed by atoms with Crippen LogP contribution in [0.3, 0.4) is 0 Å². The lowest BCUT2D eigenvalue weighted by Crippen LogP contribution is -2.41. The van der Waals surface area contributed by atoms with Crippen molar-refractivity contribution < 1.29 is 0 Å². The van der Waals surface area contributed by atoms with E-state index in [0.29, 0.717) is 0 Å². The maximum atomic E-state index is 6.62. The largest absolute Gasteiger partial charge is 0.296 e. The smallest absolute Gasteiger partial charge is 0.129 e. The Bertz CT molecular complexity index is 618. The second-order valence-corrected chi connectivity index (χ2v) is 9.28. The molecule has 3 heteroatoms. The maximum Gasteiger partial charge on any atom is 0.129 e. The molecule has 0 aliphatic heterocycles. The summed E-state index contributed by atoms with van der Waals surface area (Å²) in [7, 11) is -1.85. The fraction of sp³-hybridized carbons (Fsp3) is 0.100. The molecule has 3 aromatic carbocycles. The van der Waals surface area contributed by atoms with Gasteiger partial charge >= 0.3 is 0 Å². The standard InChI is InChI=1S/C20H21NP.BrH/c1-17(21)22(18-11-5-2-6-12-18,19-13-7-3-8-14-19)20-15-9-4-10-16-20;/h2-17H,21H2,1H3;1H/q+1;. The summed E-state index contributed by atoms with van der Waals surface area (Å²) in [6.45, 7) is 2.14. The van der Waals surface area contributed by atoms with Crippen molar-refractivity contribution in [1.29, 1.82) is 0 Å². The predicted octanol–water partition coefficient (Wildman–Crippen LogP) is 3.86. The van der Waals surface area contributed by atoms with E-state index in [2.05, 4.69) is 97.9 Å². The Morgan fingerprint density at radius 3 is 1.09 bits per heavy atom. The molecule has 0 aliphatic carbocycles. The van der Waals surface area contributed by atoms with E-state index in [1.54, 1.807) is 0 Å². The molecule has 0 aliphatic rings. The topological polar surface area (TPSA) is 26.0 Å². The molecule has 1 nitrogen and oxygen atoms in total. The molecule has 118 valence electrons. The molecule has 3 rings (SSSR count). The van der Waals surface area contributed by atoms with Crippen molar-refractivity contribution in [2.45, 2.75) is 12.7 Å². The molecule has 2 N–H and O–H groups in total. The maximum absolute atomic E-state index is 6.62. The Labute approximate surface area is 149 Å². The van der Waals surface area contributed by atoms with E-state index in [0.717, 1.165) is 0 Å². The van der Waals surface area contributed by atoms with Gasteiger partial charge in [0.2, 0.25) is 0 Å². The quantitative estimate of drug-likeness (QED) is 0.676. The first-order chi connectivity index (χ1) is 10.8. The average molecular weight is 387 g/mol. The minimum Gasteiger partial charge on any atom is -0.296 e.